The van der Waals surface area contributed by atoms with Gasteiger partial charge in [0.05, 0.1) is 25.6 Å². The average molecular weight is 377 g/mol. The molecule has 0 radical (unpaired) electrons. The first-order chi connectivity index (χ1) is 13.3. The highest BCUT2D eigenvalue weighted by Crippen LogP contribution is 2.22. The van der Waals surface area contributed by atoms with Crippen molar-refractivity contribution in [3.8, 4) is 23.1 Å². The lowest BCUT2D eigenvalue weighted by Crippen LogP contribution is -2.41. The number of amides is 1. The third-order valence-corrected chi connectivity index (χ3v) is 3.58. The Morgan fingerprint density at radius 2 is 1.96 bits per heavy atom. The predicted molar refractivity (Wildman–Crippen MR) is 102 cm³/mol. The molecule has 0 saturated carbocycles. The number of pyridine rings is 2. The van der Waals surface area contributed by atoms with E-state index in [0.717, 1.165) is 0 Å². The number of carbonyl (C=O) groups is 1. The maximum atomic E-state index is 12.5. The van der Waals surface area contributed by atoms with E-state index >= 15 is 0 Å². The Kier molecular flexibility index (Phi) is 5.04. The fourth-order valence-corrected chi connectivity index (χ4v) is 2.35. The van der Waals surface area contributed by atoms with Crippen molar-refractivity contribution in [2.24, 2.45) is 0 Å². The largest absolute Gasteiger partial charge is 0.481 e. The summed E-state index contributed by atoms with van der Waals surface area (Å²) in [6, 6.07) is 6.74. The van der Waals surface area contributed by atoms with Crippen molar-refractivity contribution in [2.75, 3.05) is 7.11 Å². The van der Waals surface area contributed by atoms with E-state index < -0.39 is 11.4 Å². The number of nitrogens with one attached hydrogen (secondary N) is 1. The molecule has 9 heteroatoms. The molecule has 0 bridgehead atoms. The van der Waals surface area contributed by atoms with Crippen molar-refractivity contribution >= 4 is 11.6 Å². The van der Waals surface area contributed by atoms with Crippen LogP contribution in [-0.4, -0.2) is 43.3 Å². The second-order valence-electron chi connectivity index (χ2n) is 6.95. The molecule has 0 fully saturated rings. The molecule has 3 rings (SSSR count). The highest BCUT2D eigenvalue weighted by atomic mass is 16.5. The first-order valence-electron chi connectivity index (χ1n) is 8.44. The topological polar surface area (TPSA) is 99.2 Å². The average Bonchev–Trinajstić information content (AvgIpc) is 3.12. The molecular formula is C19H19N7O2. The molecule has 0 aromatic carbocycles. The predicted octanol–water partition coefficient (Wildman–Crippen LogP) is 2.81. The third kappa shape index (κ3) is 4.12. The third-order valence-electron chi connectivity index (χ3n) is 3.58. The molecule has 3 aromatic rings. The highest BCUT2D eigenvalue weighted by Gasteiger charge is 2.23. The van der Waals surface area contributed by atoms with Crippen molar-refractivity contribution in [3.63, 3.8) is 0 Å². The molecule has 0 unspecified atom stereocenters. The summed E-state index contributed by atoms with van der Waals surface area (Å²) in [7, 11) is 1.53. The summed E-state index contributed by atoms with van der Waals surface area (Å²) >= 11 is 0. The molecule has 0 saturated heterocycles. The van der Waals surface area contributed by atoms with E-state index in [4.69, 9.17) is 11.3 Å². The summed E-state index contributed by atoms with van der Waals surface area (Å²) in [5.41, 5.74) is 1.05. The minimum Gasteiger partial charge on any atom is -0.481 e. The van der Waals surface area contributed by atoms with Gasteiger partial charge in [-0.05, 0) is 32.9 Å². The SMILES string of the molecule is [C-]#[N+]c1ccc(-c2nc(C(=O)NC(C)(C)C)nn2-c2ccc(OC)nc2)nc1. The van der Waals surface area contributed by atoms with Crippen LogP contribution in [0.25, 0.3) is 22.1 Å². The quantitative estimate of drug-likeness (QED) is 0.702. The van der Waals surface area contributed by atoms with Crippen molar-refractivity contribution in [1.29, 1.82) is 0 Å². The first-order valence-corrected chi connectivity index (χ1v) is 8.44. The lowest BCUT2D eigenvalue weighted by atomic mass is 10.1. The number of nitrogens with zero attached hydrogens (tertiary/aromatic N) is 6. The van der Waals surface area contributed by atoms with Crippen LogP contribution in [0.1, 0.15) is 31.4 Å². The Morgan fingerprint density at radius 1 is 1.18 bits per heavy atom. The van der Waals surface area contributed by atoms with E-state index in [0.29, 0.717) is 28.8 Å². The van der Waals surface area contributed by atoms with Gasteiger partial charge in [0.1, 0.15) is 5.69 Å². The zero-order valence-corrected chi connectivity index (χ0v) is 16.0. The lowest BCUT2D eigenvalue weighted by Gasteiger charge is -2.18. The van der Waals surface area contributed by atoms with Crippen LogP contribution in [0.15, 0.2) is 36.7 Å². The molecule has 1 N–H and O–H groups in total. The maximum absolute atomic E-state index is 12.5. The zero-order chi connectivity index (χ0) is 20.3. The van der Waals surface area contributed by atoms with E-state index in [9.17, 15) is 4.79 Å². The molecule has 1 amide bonds. The Labute approximate surface area is 162 Å². The molecule has 0 aliphatic rings. The number of ether oxygens (including phenoxy) is 1. The standard InChI is InChI=1S/C19H19N7O2/c1-19(2,3)24-18(27)16-23-17(14-8-6-12(20-4)10-21-14)26(25-16)13-7-9-15(28-5)22-11-13/h6-11H,1-3,5H3,(H,24,27). The minimum atomic E-state index is -0.431. The van der Waals surface area contributed by atoms with Gasteiger partial charge in [-0.1, -0.05) is 6.07 Å². The fraction of sp³-hybridized carbons (Fsp3) is 0.263. The van der Waals surface area contributed by atoms with Gasteiger partial charge >= 0.3 is 0 Å². The highest BCUT2D eigenvalue weighted by molar-refractivity contribution is 5.91. The fourth-order valence-electron chi connectivity index (χ4n) is 2.35. The van der Waals surface area contributed by atoms with E-state index in [1.807, 2.05) is 20.8 Å². The number of rotatable bonds is 4. The Morgan fingerprint density at radius 3 is 2.50 bits per heavy atom. The van der Waals surface area contributed by atoms with Crippen molar-refractivity contribution < 1.29 is 9.53 Å². The van der Waals surface area contributed by atoms with Gasteiger partial charge in [-0.2, -0.15) is 0 Å². The van der Waals surface area contributed by atoms with E-state index in [-0.39, 0.29) is 5.82 Å². The minimum absolute atomic E-state index is 0.0109. The molecule has 3 heterocycles. The smallest absolute Gasteiger partial charge is 0.291 e. The van der Waals surface area contributed by atoms with Crippen LogP contribution >= 0.6 is 0 Å². The molecule has 28 heavy (non-hydrogen) atoms. The van der Waals surface area contributed by atoms with Crippen molar-refractivity contribution in [3.05, 3.63) is 53.9 Å². The van der Waals surface area contributed by atoms with Crippen LogP contribution in [0.2, 0.25) is 0 Å². The number of hydrogen-bond acceptors (Lipinski definition) is 6. The van der Waals surface area contributed by atoms with Gasteiger partial charge in [0.15, 0.2) is 5.82 Å². The molecule has 3 aromatic heterocycles. The van der Waals surface area contributed by atoms with Gasteiger partial charge in [0, 0.05) is 17.8 Å². The van der Waals surface area contributed by atoms with Gasteiger partial charge in [0.2, 0.25) is 17.4 Å². The summed E-state index contributed by atoms with van der Waals surface area (Å²) in [5, 5.41) is 7.19. The molecule has 0 atom stereocenters. The zero-order valence-electron chi connectivity index (χ0n) is 16.0. The molecule has 9 nitrogen and oxygen atoms in total. The van der Waals surface area contributed by atoms with E-state index in [2.05, 4.69) is 30.2 Å². The van der Waals surface area contributed by atoms with Crippen LogP contribution in [0, 0.1) is 6.57 Å². The summed E-state index contributed by atoms with van der Waals surface area (Å²) in [6.45, 7) is 12.7. The second kappa shape index (κ2) is 7.44. The van der Waals surface area contributed by atoms with Crippen LogP contribution in [-0.2, 0) is 0 Å². The normalized spacial score (nSPS) is 11.0. The van der Waals surface area contributed by atoms with Crippen LogP contribution in [0.4, 0.5) is 5.69 Å². The number of hydrogen-bond donors (Lipinski definition) is 1. The van der Waals surface area contributed by atoms with E-state index in [1.165, 1.54) is 18.0 Å². The molecule has 0 spiro atoms. The van der Waals surface area contributed by atoms with Crippen LogP contribution in [0.5, 0.6) is 5.88 Å². The van der Waals surface area contributed by atoms with E-state index in [1.54, 1.807) is 30.5 Å². The Hall–Kier alpha value is -3.80. The first kappa shape index (κ1) is 19.0. The summed E-state index contributed by atoms with van der Waals surface area (Å²) in [5.74, 6) is 0.432. The molecule has 0 aliphatic heterocycles. The van der Waals surface area contributed by atoms with Crippen molar-refractivity contribution in [1.82, 2.24) is 30.0 Å². The molecular weight excluding hydrogens is 358 g/mol. The van der Waals surface area contributed by atoms with Gasteiger partial charge in [-0.3, -0.25) is 9.78 Å². The molecule has 142 valence electrons. The Bertz CT molecular complexity index is 1030. The van der Waals surface area contributed by atoms with Gasteiger partial charge in [0.25, 0.3) is 5.91 Å². The summed E-state index contributed by atoms with van der Waals surface area (Å²) in [4.78, 5) is 28.7. The molecule has 0 aliphatic carbocycles. The number of carbonyl (C=O) groups excluding carboxylic acids is 1. The van der Waals surface area contributed by atoms with Gasteiger partial charge in [-0.25, -0.2) is 19.5 Å². The monoisotopic (exact) mass is 377 g/mol. The summed E-state index contributed by atoms with van der Waals surface area (Å²) < 4.78 is 6.57. The lowest BCUT2D eigenvalue weighted by molar-refractivity contribution is 0.0909. The van der Waals surface area contributed by atoms with Gasteiger partial charge in [-0.15, -0.1) is 5.10 Å². The van der Waals surface area contributed by atoms with Crippen LogP contribution in [0.3, 0.4) is 0 Å². The Balaban J connectivity index is 2.09. The van der Waals surface area contributed by atoms with Gasteiger partial charge < -0.3 is 10.1 Å². The summed E-state index contributed by atoms with van der Waals surface area (Å²) in [6.07, 6.45) is 3.01. The van der Waals surface area contributed by atoms with Crippen LogP contribution < -0.4 is 10.1 Å². The number of methoxy groups -OCH3 is 1. The number of aromatic nitrogens is 5. The van der Waals surface area contributed by atoms with Crippen molar-refractivity contribution in [2.45, 2.75) is 26.3 Å². The maximum Gasteiger partial charge on any atom is 0.291 e. The second-order valence-corrected chi connectivity index (χ2v) is 6.95.